The molecule has 1 aliphatic rings. The van der Waals surface area contributed by atoms with Crippen molar-refractivity contribution in [3.63, 3.8) is 0 Å². The molecule has 2 atom stereocenters. The third-order valence-corrected chi connectivity index (χ3v) is 1.90. The molecule has 0 aliphatic carbocycles. The zero-order valence-corrected chi connectivity index (χ0v) is 6.44. The molecule has 0 aromatic heterocycles. The van der Waals surface area contributed by atoms with Crippen molar-refractivity contribution in [2.24, 2.45) is 5.73 Å². The standard InChI is InChI=1S/C9H9NO2/c10-9(11)8-7(12-8)6-4-2-1-3-5-6/h1-5,7-8H,(H2,10,11)/t7-,8-/m1/s1. The summed E-state index contributed by atoms with van der Waals surface area (Å²) in [5, 5.41) is 0. The number of benzene rings is 1. The highest BCUT2D eigenvalue weighted by Gasteiger charge is 2.44. The molecule has 3 nitrogen and oxygen atoms in total. The maximum atomic E-state index is 10.6. The van der Waals surface area contributed by atoms with E-state index in [1.54, 1.807) is 0 Å². The number of primary amides is 1. The fraction of sp³-hybridized carbons (Fsp3) is 0.222. The molecule has 1 fully saturated rings. The van der Waals surface area contributed by atoms with Crippen LogP contribution in [0.3, 0.4) is 0 Å². The van der Waals surface area contributed by atoms with Crippen LogP contribution >= 0.6 is 0 Å². The van der Waals surface area contributed by atoms with E-state index in [1.807, 2.05) is 30.3 Å². The highest BCUT2D eigenvalue weighted by Crippen LogP contribution is 2.37. The van der Waals surface area contributed by atoms with Crippen LogP contribution in [0.2, 0.25) is 0 Å². The van der Waals surface area contributed by atoms with E-state index < -0.39 is 6.10 Å². The van der Waals surface area contributed by atoms with Gasteiger partial charge in [0.1, 0.15) is 6.10 Å². The van der Waals surface area contributed by atoms with Gasteiger partial charge < -0.3 is 10.5 Å². The van der Waals surface area contributed by atoms with Crippen molar-refractivity contribution in [1.29, 1.82) is 0 Å². The quantitative estimate of drug-likeness (QED) is 0.649. The van der Waals surface area contributed by atoms with Gasteiger partial charge in [-0.25, -0.2) is 0 Å². The molecule has 0 radical (unpaired) electrons. The van der Waals surface area contributed by atoms with Gasteiger partial charge in [0.15, 0.2) is 6.10 Å². The van der Waals surface area contributed by atoms with Gasteiger partial charge in [-0.2, -0.15) is 0 Å². The molecule has 0 saturated carbocycles. The molecule has 0 spiro atoms. The third-order valence-electron chi connectivity index (χ3n) is 1.90. The van der Waals surface area contributed by atoms with Gasteiger partial charge in [-0.05, 0) is 5.56 Å². The second kappa shape index (κ2) is 2.60. The number of nitrogens with two attached hydrogens (primary N) is 1. The van der Waals surface area contributed by atoms with Crippen molar-refractivity contribution in [1.82, 2.24) is 0 Å². The average molecular weight is 163 g/mol. The summed E-state index contributed by atoms with van der Waals surface area (Å²) in [6, 6.07) is 9.59. The zero-order valence-electron chi connectivity index (χ0n) is 6.44. The fourth-order valence-electron chi connectivity index (χ4n) is 1.22. The van der Waals surface area contributed by atoms with Crippen LogP contribution in [0, 0.1) is 0 Å². The lowest BCUT2D eigenvalue weighted by Gasteiger charge is -1.91. The van der Waals surface area contributed by atoms with Crippen molar-refractivity contribution >= 4 is 5.91 Å². The van der Waals surface area contributed by atoms with Gasteiger partial charge in [-0.15, -0.1) is 0 Å². The Balaban J connectivity index is 2.11. The second-order valence-electron chi connectivity index (χ2n) is 2.79. The van der Waals surface area contributed by atoms with E-state index in [4.69, 9.17) is 10.5 Å². The van der Waals surface area contributed by atoms with Crippen LogP contribution in [0.15, 0.2) is 30.3 Å². The van der Waals surface area contributed by atoms with E-state index in [-0.39, 0.29) is 12.0 Å². The summed E-state index contributed by atoms with van der Waals surface area (Å²) in [5.41, 5.74) is 6.08. The molecule has 1 amide bonds. The highest BCUT2D eigenvalue weighted by atomic mass is 16.6. The summed E-state index contributed by atoms with van der Waals surface area (Å²) in [4.78, 5) is 10.6. The molecular weight excluding hydrogens is 154 g/mol. The lowest BCUT2D eigenvalue weighted by molar-refractivity contribution is -0.119. The van der Waals surface area contributed by atoms with E-state index in [0.29, 0.717) is 0 Å². The molecule has 0 bridgehead atoms. The van der Waals surface area contributed by atoms with E-state index in [2.05, 4.69) is 0 Å². The maximum Gasteiger partial charge on any atom is 0.249 e. The van der Waals surface area contributed by atoms with Crippen LogP contribution in [0.25, 0.3) is 0 Å². The Labute approximate surface area is 70.1 Å². The molecule has 1 aliphatic heterocycles. The van der Waals surface area contributed by atoms with Gasteiger partial charge in [0.25, 0.3) is 0 Å². The Kier molecular flexibility index (Phi) is 1.59. The Morgan fingerprint density at radius 2 is 2.00 bits per heavy atom. The van der Waals surface area contributed by atoms with E-state index in [0.717, 1.165) is 5.56 Å². The second-order valence-corrected chi connectivity index (χ2v) is 2.79. The number of hydrogen-bond donors (Lipinski definition) is 1. The molecule has 12 heavy (non-hydrogen) atoms. The van der Waals surface area contributed by atoms with E-state index >= 15 is 0 Å². The van der Waals surface area contributed by atoms with Crippen molar-refractivity contribution in [3.8, 4) is 0 Å². The topological polar surface area (TPSA) is 55.6 Å². The predicted octanol–water partition coefficient (Wildman–Crippen LogP) is 0.612. The number of carbonyl (C=O) groups excluding carboxylic acids is 1. The molecule has 3 heteroatoms. The van der Waals surface area contributed by atoms with Gasteiger partial charge >= 0.3 is 0 Å². The zero-order chi connectivity index (χ0) is 8.55. The number of ether oxygens (including phenoxy) is 1. The maximum absolute atomic E-state index is 10.6. The third kappa shape index (κ3) is 1.19. The molecule has 1 aromatic carbocycles. The van der Waals surface area contributed by atoms with Crippen molar-refractivity contribution in [2.45, 2.75) is 12.2 Å². The Hall–Kier alpha value is -1.35. The largest absolute Gasteiger partial charge is 0.367 e. The molecule has 1 saturated heterocycles. The number of epoxide rings is 1. The predicted molar refractivity (Wildman–Crippen MR) is 43.3 cm³/mol. The van der Waals surface area contributed by atoms with Gasteiger partial charge in [-0.3, -0.25) is 4.79 Å². The summed E-state index contributed by atoms with van der Waals surface area (Å²) >= 11 is 0. The fourth-order valence-corrected chi connectivity index (χ4v) is 1.22. The molecule has 2 rings (SSSR count). The van der Waals surface area contributed by atoms with Gasteiger partial charge in [0.2, 0.25) is 5.91 Å². The van der Waals surface area contributed by atoms with Gasteiger partial charge in [0.05, 0.1) is 0 Å². The lowest BCUT2D eigenvalue weighted by atomic mass is 10.1. The Morgan fingerprint density at radius 3 is 2.50 bits per heavy atom. The van der Waals surface area contributed by atoms with Crippen LogP contribution in [0.1, 0.15) is 11.7 Å². The molecule has 0 unspecified atom stereocenters. The Morgan fingerprint density at radius 1 is 1.33 bits per heavy atom. The number of amides is 1. The molecule has 1 heterocycles. The lowest BCUT2D eigenvalue weighted by Crippen LogP contribution is -2.18. The summed E-state index contributed by atoms with van der Waals surface area (Å²) in [5.74, 6) is -0.385. The molecule has 62 valence electrons. The van der Waals surface area contributed by atoms with Crippen molar-refractivity contribution in [3.05, 3.63) is 35.9 Å². The van der Waals surface area contributed by atoms with E-state index in [1.165, 1.54) is 0 Å². The number of rotatable bonds is 2. The smallest absolute Gasteiger partial charge is 0.249 e. The number of carbonyl (C=O) groups is 1. The Bertz CT molecular complexity index is 297. The molecule has 1 aromatic rings. The SMILES string of the molecule is NC(=O)[C@@H]1O[C@@H]1c1ccccc1. The molecular formula is C9H9NO2. The summed E-state index contributed by atoms with van der Waals surface area (Å²) < 4.78 is 5.09. The average Bonchev–Trinajstić information content (AvgIpc) is 2.84. The van der Waals surface area contributed by atoms with Crippen LogP contribution in [-0.4, -0.2) is 12.0 Å². The summed E-state index contributed by atoms with van der Waals surface area (Å²) in [6.07, 6.45) is -0.518. The summed E-state index contributed by atoms with van der Waals surface area (Å²) in [7, 11) is 0. The van der Waals surface area contributed by atoms with Crippen LogP contribution in [0.4, 0.5) is 0 Å². The summed E-state index contributed by atoms with van der Waals surface area (Å²) in [6.45, 7) is 0. The highest BCUT2D eigenvalue weighted by molar-refractivity contribution is 5.82. The first-order valence-corrected chi connectivity index (χ1v) is 3.79. The van der Waals surface area contributed by atoms with Crippen molar-refractivity contribution in [2.75, 3.05) is 0 Å². The van der Waals surface area contributed by atoms with E-state index in [9.17, 15) is 4.79 Å². The first kappa shape index (κ1) is 7.31. The minimum absolute atomic E-state index is 0.108. The van der Waals surface area contributed by atoms with Crippen LogP contribution in [-0.2, 0) is 9.53 Å². The number of hydrogen-bond acceptors (Lipinski definition) is 2. The monoisotopic (exact) mass is 163 g/mol. The molecule has 2 N–H and O–H groups in total. The van der Waals surface area contributed by atoms with Gasteiger partial charge in [0, 0.05) is 0 Å². The normalized spacial score (nSPS) is 26.7. The first-order chi connectivity index (χ1) is 5.79. The first-order valence-electron chi connectivity index (χ1n) is 3.79. The van der Waals surface area contributed by atoms with Crippen molar-refractivity contribution < 1.29 is 9.53 Å². The van der Waals surface area contributed by atoms with Crippen LogP contribution in [0.5, 0.6) is 0 Å². The minimum atomic E-state index is -0.410. The minimum Gasteiger partial charge on any atom is -0.367 e. The van der Waals surface area contributed by atoms with Gasteiger partial charge in [-0.1, -0.05) is 30.3 Å². The van der Waals surface area contributed by atoms with Crippen LogP contribution < -0.4 is 5.73 Å².